The van der Waals surface area contributed by atoms with Crippen molar-refractivity contribution in [1.29, 1.82) is 0 Å². The van der Waals surface area contributed by atoms with Gasteiger partial charge in [-0.05, 0) is 32.0 Å². The van der Waals surface area contributed by atoms with Gasteiger partial charge in [0.2, 0.25) is 0 Å². The number of nitrogens with one attached hydrogen (secondary N) is 1. The first kappa shape index (κ1) is 14.1. The topological polar surface area (TPSA) is 49.4 Å². The maximum atomic E-state index is 12.3. The quantitative estimate of drug-likeness (QED) is 0.689. The van der Waals surface area contributed by atoms with Crippen LogP contribution >= 0.6 is 23.4 Å². The first-order valence-corrected chi connectivity index (χ1v) is 6.88. The molecule has 1 aliphatic heterocycles. The van der Waals surface area contributed by atoms with Crippen molar-refractivity contribution in [2.24, 2.45) is 0 Å². The van der Waals surface area contributed by atoms with E-state index in [0.717, 1.165) is 16.7 Å². The number of anilines is 1. The standard InChI is InChI=1S/C12H12ClFN2O2S/c1-12(2)10(17)16(11(18)15-12)7-3-4-9(19-6-14)8(13)5-7/h3-5H,6H2,1-2H3,(H,15,18). The summed E-state index contributed by atoms with van der Waals surface area (Å²) in [5.41, 5.74) is -0.558. The highest BCUT2D eigenvalue weighted by molar-refractivity contribution is 7.99. The van der Waals surface area contributed by atoms with E-state index in [-0.39, 0.29) is 5.91 Å². The van der Waals surface area contributed by atoms with Gasteiger partial charge < -0.3 is 5.32 Å². The lowest BCUT2D eigenvalue weighted by molar-refractivity contribution is -0.120. The van der Waals surface area contributed by atoms with Crippen LogP contribution in [0.25, 0.3) is 0 Å². The minimum absolute atomic E-state index is 0.311. The van der Waals surface area contributed by atoms with Gasteiger partial charge in [-0.25, -0.2) is 14.1 Å². The van der Waals surface area contributed by atoms with E-state index in [0.29, 0.717) is 15.6 Å². The Morgan fingerprint density at radius 3 is 2.58 bits per heavy atom. The number of rotatable bonds is 3. The Morgan fingerprint density at radius 1 is 1.42 bits per heavy atom. The second kappa shape index (κ2) is 5.02. The van der Waals surface area contributed by atoms with Crippen LogP contribution in [0.1, 0.15) is 13.8 Å². The van der Waals surface area contributed by atoms with Crippen LogP contribution in [0.3, 0.4) is 0 Å². The van der Waals surface area contributed by atoms with Gasteiger partial charge in [0.1, 0.15) is 11.5 Å². The molecule has 102 valence electrons. The molecule has 1 aliphatic rings. The average Bonchev–Trinajstić information content (AvgIpc) is 2.51. The molecule has 1 saturated heterocycles. The summed E-state index contributed by atoms with van der Waals surface area (Å²) in [4.78, 5) is 25.5. The number of urea groups is 1. The predicted molar refractivity (Wildman–Crippen MR) is 73.4 cm³/mol. The zero-order valence-corrected chi connectivity index (χ0v) is 11.9. The summed E-state index contributed by atoms with van der Waals surface area (Å²) in [7, 11) is 0. The first-order chi connectivity index (χ1) is 8.86. The number of amides is 3. The van der Waals surface area contributed by atoms with Gasteiger partial charge in [0.15, 0.2) is 0 Å². The molecule has 3 amide bonds. The molecule has 0 unspecified atom stereocenters. The van der Waals surface area contributed by atoms with Gasteiger partial charge in [-0.1, -0.05) is 23.4 Å². The number of alkyl halides is 1. The summed E-state index contributed by atoms with van der Waals surface area (Å²) in [5, 5.41) is 2.89. The van der Waals surface area contributed by atoms with Crippen LogP contribution in [0, 0.1) is 0 Å². The summed E-state index contributed by atoms with van der Waals surface area (Å²) in [6.07, 6.45) is 0. The van der Waals surface area contributed by atoms with E-state index in [9.17, 15) is 14.0 Å². The van der Waals surface area contributed by atoms with Gasteiger partial charge in [0, 0.05) is 4.90 Å². The summed E-state index contributed by atoms with van der Waals surface area (Å²) < 4.78 is 12.3. The molecule has 19 heavy (non-hydrogen) atoms. The molecule has 1 aromatic carbocycles. The number of nitrogens with zero attached hydrogens (tertiary/aromatic N) is 1. The molecule has 0 saturated carbocycles. The Kier molecular flexibility index (Phi) is 3.73. The normalized spacial score (nSPS) is 17.8. The van der Waals surface area contributed by atoms with Crippen molar-refractivity contribution in [3.63, 3.8) is 0 Å². The molecule has 0 radical (unpaired) electrons. The van der Waals surface area contributed by atoms with Crippen LogP contribution in [0.15, 0.2) is 23.1 Å². The Labute approximate surface area is 119 Å². The van der Waals surface area contributed by atoms with Gasteiger partial charge in [-0.2, -0.15) is 0 Å². The molecule has 4 nitrogen and oxygen atoms in total. The van der Waals surface area contributed by atoms with E-state index >= 15 is 0 Å². The van der Waals surface area contributed by atoms with E-state index in [1.165, 1.54) is 6.07 Å². The lowest BCUT2D eigenvalue weighted by Gasteiger charge is -2.16. The Morgan fingerprint density at radius 2 is 2.11 bits per heavy atom. The zero-order valence-electron chi connectivity index (χ0n) is 10.4. The highest BCUT2D eigenvalue weighted by Crippen LogP contribution is 2.33. The largest absolute Gasteiger partial charge is 0.329 e. The highest BCUT2D eigenvalue weighted by atomic mass is 35.5. The Bertz CT molecular complexity index is 551. The maximum Gasteiger partial charge on any atom is 0.329 e. The van der Waals surface area contributed by atoms with Crippen LogP contribution < -0.4 is 10.2 Å². The van der Waals surface area contributed by atoms with Gasteiger partial charge in [0.25, 0.3) is 5.91 Å². The summed E-state index contributed by atoms with van der Waals surface area (Å²) >= 11 is 6.95. The fourth-order valence-electron chi connectivity index (χ4n) is 1.79. The molecule has 1 N–H and O–H groups in total. The fourth-order valence-corrected chi connectivity index (χ4v) is 2.60. The molecule has 1 heterocycles. The minimum atomic E-state index is -0.935. The van der Waals surface area contributed by atoms with E-state index in [2.05, 4.69) is 5.32 Å². The molecule has 7 heteroatoms. The number of halogens is 2. The van der Waals surface area contributed by atoms with Gasteiger partial charge >= 0.3 is 6.03 Å². The molecule has 0 atom stereocenters. The van der Waals surface area contributed by atoms with Crippen LogP contribution in [0.5, 0.6) is 0 Å². The van der Waals surface area contributed by atoms with Gasteiger partial charge in [0.05, 0.1) is 10.7 Å². The van der Waals surface area contributed by atoms with Crippen LogP contribution in [0.2, 0.25) is 5.02 Å². The predicted octanol–water partition coefficient (Wildman–Crippen LogP) is 3.19. The molecule has 0 aromatic heterocycles. The first-order valence-electron chi connectivity index (χ1n) is 5.52. The lowest BCUT2D eigenvalue weighted by Crippen LogP contribution is -2.40. The second-order valence-corrected chi connectivity index (χ2v) is 5.92. The SMILES string of the molecule is CC1(C)NC(=O)N(c2ccc(SCF)c(Cl)c2)C1=O. The molecule has 0 aliphatic carbocycles. The number of benzene rings is 1. The summed E-state index contributed by atoms with van der Waals surface area (Å²) in [6.45, 7) is 3.25. The number of thioether (sulfide) groups is 1. The third-order valence-electron chi connectivity index (χ3n) is 2.74. The van der Waals surface area contributed by atoms with Gasteiger partial charge in [-0.15, -0.1) is 0 Å². The van der Waals surface area contributed by atoms with Crippen molar-refractivity contribution in [3.8, 4) is 0 Å². The summed E-state index contributed by atoms with van der Waals surface area (Å²) in [6, 6.07) is 3.57. The highest BCUT2D eigenvalue weighted by Gasteiger charge is 2.45. The van der Waals surface area contributed by atoms with Gasteiger partial charge in [-0.3, -0.25) is 4.79 Å². The zero-order chi connectivity index (χ0) is 14.2. The monoisotopic (exact) mass is 302 g/mol. The molecule has 1 fully saturated rings. The molecular formula is C12H12ClFN2O2S. The minimum Gasteiger partial charge on any atom is -0.323 e. The van der Waals surface area contributed by atoms with Crippen molar-refractivity contribution in [3.05, 3.63) is 23.2 Å². The van der Waals surface area contributed by atoms with E-state index < -0.39 is 17.6 Å². The molecule has 2 rings (SSSR count). The third-order valence-corrected chi connectivity index (χ3v) is 3.94. The van der Waals surface area contributed by atoms with E-state index in [1.807, 2.05) is 0 Å². The molecule has 1 aromatic rings. The number of imide groups is 1. The van der Waals surface area contributed by atoms with Crippen molar-refractivity contribution < 1.29 is 14.0 Å². The van der Waals surface area contributed by atoms with Crippen molar-refractivity contribution in [2.45, 2.75) is 24.3 Å². The lowest BCUT2D eigenvalue weighted by atomic mass is 10.1. The number of hydrogen-bond donors (Lipinski definition) is 1. The molecule has 0 bridgehead atoms. The van der Waals surface area contributed by atoms with E-state index in [1.54, 1.807) is 26.0 Å². The van der Waals surface area contributed by atoms with Crippen molar-refractivity contribution in [2.75, 3.05) is 10.9 Å². The smallest absolute Gasteiger partial charge is 0.323 e. The number of carbonyl (C=O) groups excluding carboxylic acids is 2. The Hall–Kier alpha value is -1.27. The maximum absolute atomic E-state index is 12.3. The van der Waals surface area contributed by atoms with Crippen LogP contribution in [0.4, 0.5) is 14.9 Å². The molecular weight excluding hydrogens is 291 g/mol. The van der Waals surface area contributed by atoms with Crippen molar-refractivity contribution >= 4 is 41.0 Å². The number of hydrogen-bond acceptors (Lipinski definition) is 3. The second-order valence-electron chi connectivity index (χ2n) is 4.56. The third kappa shape index (κ3) is 2.55. The van der Waals surface area contributed by atoms with E-state index in [4.69, 9.17) is 11.6 Å². The molecule has 0 spiro atoms. The van der Waals surface area contributed by atoms with Crippen molar-refractivity contribution in [1.82, 2.24) is 5.32 Å². The van der Waals surface area contributed by atoms with Crippen LogP contribution in [-0.2, 0) is 4.79 Å². The number of carbonyl (C=O) groups is 2. The Balaban J connectivity index is 2.35. The summed E-state index contributed by atoms with van der Waals surface area (Å²) in [5.74, 6) is -0.348. The fraction of sp³-hybridized carbons (Fsp3) is 0.333. The van der Waals surface area contributed by atoms with Crippen LogP contribution in [-0.4, -0.2) is 23.5 Å². The average molecular weight is 303 g/mol.